The number of oxazole rings is 1. The van der Waals surface area contributed by atoms with Crippen LogP contribution in [0.1, 0.15) is 16.4 Å². The van der Waals surface area contributed by atoms with E-state index in [4.69, 9.17) is 4.42 Å². The summed E-state index contributed by atoms with van der Waals surface area (Å²) in [6.45, 7) is 1.69. The molecule has 0 saturated carbocycles. The van der Waals surface area contributed by atoms with Crippen molar-refractivity contribution in [3.63, 3.8) is 0 Å². The van der Waals surface area contributed by atoms with Gasteiger partial charge in [-0.3, -0.25) is 0 Å². The molecule has 0 saturated heterocycles. The Hall–Kier alpha value is -2.10. The van der Waals surface area contributed by atoms with Crippen LogP contribution in [0.2, 0.25) is 0 Å². The summed E-state index contributed by atoms with van der Waals surface area (Å²) in [5, 5.41) is 0. The predicted molar refractivity (Wildman–Crippen MR) is 58.0 cm³/mol. The summed E-state index contributed by atoms with van der Waals surface area (Å²) in [7, 11) is 1.31. The molecular weight excluding hydrogens is 206 g/mol. The van der Waals surface area contributed by atoms with Gasteiger partial charge in [-0.15, -0.1) is 0 Å². The van der Waals surface area contributed by atoms with Crippen molar-refractivity contribution in [2.24, 2.45) is 0 Å². The summed E-state index contributed by atoms with van der Waals surface area (Å²) in [6, 6.07) is 9.38. The van der Waals surface area contributed by atoms with E-state index in [-0.39, 0.29) is 5.76 Å². The summed E-state index contributed by atoms with van der Waals surface area (Å²) >= 11 is 0. The molecular formula is C12H11NO3. The van der Waals surface area contributed by atoms with Crippen molar-refractivity contribution in [1.29, 1.82) is 0 Å². The molecule has 2 rings (SSSR count). The number of methoxy groups -OCH3 is 1. The molecule has 4 heteroatoms. The molecule has 1 heterocycles. The van der Waals surface area contributed by atoms with Crippen LogP contribution in [0.15, 0.2) is 34.7 Å². The second-order valence-electron chi connectivity index (χ2n) is 3.27. The van der Waals surface area contributed by atoms with Crippen molar-refractivity contribution in [2.75, 3.05) is 7.11 Å². The van der Waals surface area contributed by atoms with Gasteiger partial charge in [-0.2, -0.15) is 0 Å². The molecule has 0 spiro atoms. The van der Waals surface area contributed by atoms with E-state index in [0.29, 0.717) is 11.6 Å². The molecule has 0 fully saturated rings. The third kappa shape index (κ3) is 1.82. The summed E-state index contributed by atoms with van der Waals surface area (Å²) < 4.78 is 9.88. The zero-order valence-electron chi connectivity index (χ0n) is 9.06. The monoisotopic (exact) mass is 217 g/mol. The SMILES string of the molecule is COC(=O)c1oc(C)nc1-c1ccccc1. The van der Waals surface area contributed by atoms with E-state index in [1.807, 2.05) is 30.3 Å². The van der Waals surface area contributed by atoms with E-state index in [2.05, 4.69) is 9.72 Å². The predicted octanol–water partition coefficient (Wildman–Crippen LogP) is 2.44. The number of carbonyl (C=O) groups is 1. The van der Waals surface area contributed by atoms with Gasteiger partial charge in [-0.25, -0.2) is 9.78 Å². The maximum Gasteiger partial charge on any atom is 0.376 e. The van der Waals surface area contributed by atoms with Crippen molar-refractivity contribution in [2.45, 2.75) is 6.92 Å². The van der Waals surface area contributed by atoms with Gasteiger partial charge in [0, 0.05) is 12.5 Å². The number of aryl methyl sites for hydroxylation is 1. The first-order valence-electron chi connectivity index (χ1n) is 4.83. The van der Waals surface area contributed by atoms with Crippen LogP contribution in [0, 0.1) is 6.92 Å². The van der Waals surface area contributed by atoms with Crippen molar-refractivity contribution in [1.82, 2.24) is 4.98 Å². The number of carbonyl (C=O) groups excluding carboxylic acids is 1. The number of hydrogen-bond donors (Lipinski definition) is 0. The molecule has 0 radical (unpaired) electrons. The van der Waals surface area contributed by atoms with Gasteiger partial charge in [0.25, 0.3) is 0 Å². The van der Waals surface area contributed by atoms with Crippen LogP contribution in [0.4, 0.5) is 0 Å². The quantitative estimate of drug-likeness (QED) is 0.725. The smallest absolute Gasteiger partial charge is 0.376 e. The van der Waals surface area contributed by atoms with Gasteiger partial charge in [0.15, 0.2) is 5.89 Å². The first-order chi connectivity index (χ1) is 7.72. The van der Waals surface area contributed by atoms with Crippen LogP contribution in [0.25, 0.3) is 11.3 Å². The third-order valence-electron chi connectivity index (χ3n) is 2.15. The van der Waals surface area contributed by atoms with Crippen LogP contribution in [-0.4, -0.2) is 18.1 Å². The fourth-order valence-electron chi connectivity index (χ4n) is 1.45. The molecule has 0 unspecified atom stereocenters. The van der Waals surface area contributed by atoms with E-state index < -0.39 is 5.97 Å². The first kappa shape index (κ1) is 10.4. The minimum atomic E-state index is -0.514. The van der Waals surface area contributed by atoms with E-state index in [1.165, 1.54) is 7.11 Å². The lowest BCUT2D eigenvalue weighted by atomic mass is 10.1. The number of esters is 1. The number of ether oxygens (including phenoxy) is 1. The van der Waals surface area contributed by atoms with Gasteiger partial charge in [-0.1, -0.05) is 30.3 Å². The summed E-state index contributed by atoms with van der Waals surface area (Å²) in [6.07, 6.45) is 0. The molecule has 0 atom stereocenters. The Labute approximate surface area is 92.9 Å². The Morgan fingerprint density at radius 1 is 1.31 bits per heavy atom. The number of rotatable bonds is 2. The van der Waals surface area contributed by atoms with Crippen LogP contribution in [0.3, 0.4) is 0 Å². The fourth-order valence-corrected chi connectivity index (χ4v) is 1.45. The van der Waals surface area contributed by atoms with Gasteiger partial charge in [0.05, 0.1) is 7.11 Å². The Kier molecular flexibility index (Phi) is 2.72. The summed E-state index contributed by atoms with van der Waals surface area (Å²) in [5.74, 6) is 0.0740. The van der Waals surface area contributed by atoms with Crippen molar-refractivity contribution in [3.05, 3.63) is 42.0 Å². The number of nitrogens with zero attached hydrogens (tertiary/aromatic N) is 1. The second-order valence-corrected chi connectivity index (χ2v) is 3.27. The zero-order valence-corrected chi connectivity index (χ0v) is 9.06. The average molecular weight is 217 g/mol. The van der Waals surface area contributed by atoms with E-state index in [1.54, 1.807) is 6.92 Å². The molecule has 4 nitrogen and oxygen atoms in total. The Morgan fingerprint density at radius 2 is 2.00 bits per heavy atom. The zero-order chi connectivity index (χ0) is 11.5. The lowest BCUT2D eigenvalue weighted by Crippen LogP contribution is -2.01. The topological polar surface area (TPSA) is 52.3 Å². The summed E-state index contributed by atoms with van der Waals surface area (Å²) in [4.78, 5) is 15.6. The van der Waals surface area contributed by atoms with E-state index >= 15 is 0 Å². The minimum absolute atomic E-state index is 0.145. The molecule has 0 N–H and O–H groups in total. The second kappa shape index (κ2) is 4.18. The Bertz CT molecular complexity index is 502. The summed E-state index contributed by atoms with van der Waals surface area (Å²) in [5.41, 5.74) is 1.35. The molecule has 0 bridgehead atoms. The standard InChI is InChI=1S/C12H11NO3/c1-8-13-10(9-6-4-3-5-7-9)11(16-8)12(14)15-2/h3-7H,1-2H3. The van der Waals surface area contributed by atoms with Crippen molar-refractivity contribution < 1.29 is 13.9 Å². The van der Waals surface area contributed by atoms with Gasteiger partial charge in [-0.05, 0) is 0 Å². The molecule has 82 valence electrons. The van der Waals surface area contributed by atoms with Gasteiger partial charge >= 0.3 is 5.97 Å². The average Bonchev–Trinajstić information content (AvgIpc) is 2.71. The minimum Gasteiger partial charge on any atom is -0.463 e. The molecule has 0 aliphatic carbocycles. The highest BCUT2D eigenvalue weighted by Crippen LogP contribution is 2.24. The maximum atomic E-state index is 11.5. The van der Waals surface area contributed by atoms with Gasteiger partial charge in [0.2, 0.25) is 5.76 Å². The molecule has 0 aliphatic rings. The van der Waals surface area contributed by atoms with E-state index in [9.17, 15) is 4.79 Å². The van der Waals surface area contributed by atoms with Gasteiger partial charge in [0.1, 0.15) is 5.69 Å². The Morgan fingerprint density at radius 3 is 2.62 bits per heavy atom. The van der Waals surface area contributed by atoms with Crippen LogP contribution < -0.4 is 0 Å². The molecule has 0 aliphatic heterocycles. The van der Waals surface area contributed by atoms with Crippen molar-refractivity contribution in [3.8, 4) is 11.3 Å². The van der Waals surface area contributed by atoms with Gasteiger partial charge < -0.3 is 9.15 Å². The maximum absolute atomic E-state index is 11.5. The highest BCUT2D eigenvalue weighted by atomic mass is 16.5. The molecule has 16 heavy (non-hydrogen) atoms. The highest BCUT2D eigenvalue weighted by Gasteiger charge is 2.20. The lowest BCUT2D eigenvalue weighted by molar-refractivity contribution is 0.0565. The largest absolute Gasteiger partial charge is 0.463 e. The lowest BCUT2D eigenvalue weighted by Gasteiger charge is -1.98. The molecule has 1 aromatic carbocycles. The third-order valence-corrected chi connectivity index (χ3v) is 2.15. The first-order valence-corrected chi connectivity index (χ1v) is 4.83. The van der Waals surface area contributed by atoms with Crippen LogP contribution in [-0.2, 0) is 4.74 Å². The van der Waals surface area contributed by atoms with Crippen molar-refractivity contribution >= 4 is 5.97 Å². The fraction of sp³-hybridized carbons (Fsp3) is 0.167. The van der Waals surface area contributed by atoms with Crippen LogP contribution in [0.5, 0.6) is 0 Å². The molecule has 0 amide bonds. The molecule has 2 aromatic rings. The number of aromatic nitrogens is 1. The Balaban J connectivity index is 2.53. The van der Waals surface area contributed by atoms with E-state index in [0.717, 1.165) is 5.56 Å². The normalized spacial score (nSPS) is 10.1. The number of benzene rings is 1. The van der Waals surface area contributed by atoms with Crippen LogP contribution >= 0.6 is 0 Å². The highest BCUT2D eigenvalue weighted by molar-refractivity contribution is 5.93. The number of hydrogen-bond acceptors (Lipinski definition) is 4. The molecule has 1 aromatic heterocycles.